The largest absolute Gasteiger partial charge is 0.380 e. The van der Waals surface area contributed by atoms with Crippen LogP contribution in [0.25, 0.3) is 0 Å². The van der Waals surface area contributed by atoms with Crippen LogP contribution in [0.1, 0.15) is 11.1 Å². The average Bonchev–Trinajstić information content (AvgIpc) is 2.31. The van der Waals surface area contributed by atoms with E-state index in [4.69, 9.17) is 11.6 Å². The summed E-state index contributed by atoms with van der Waals surface area (Å²) in [5.74, 6) is 0. The number of rotatable bonds is 3. The summed E-state index contributed by atoms with van der Waals surface area (Å²) in [7, 11) is 0. The molecular weight excluding hydrogens is 300 g/mol. The molecule has 0 saturated heterocycles. The van der Waals surface area contributed by atoms with Gasteiger partial charge in [-0.05, 0) is 46.1 Å². The van der Waals surface area contributed by atoms with Crippen LogP contribution in [-0.2, 0) is 6.54 Å². The minimum atomic E-state index is 0.706. The van der Waals surface area contributed by atoms with Gasteiger partial charge >= 0.3 is 0 Å². The van der Waals surface area contributed by atoms with E-state index in [9.17, 15) is 0 Å². The zero-order valence-corrected chi connectivity index (χ0v) is 11.7. The maximum atomic E-state index is 6.02. The lowest BCUT2D eigenvalue weighted by Crippen LogP contribution is -2.00. The first-order chi connectivity index (χ1) is 8.16. The van der Waals surface area contributed by atoms with E-state index in [0.29, 0.717) is 5.02 Å². The first-order valence-corrected chi connectivity index (χ1v) is 6.42. The van der Waals surface area contributed by atoms with E-state index in [1.54, 1.807) is 0 Å². The molecule has 0 fully saturated rings. The van der Waals surface area contributed by atoms with E-state index < -0.39 is 0 Å². The lowest BCUT2D eigenvalue weighted by molar-refractivity contribution is 1.10. The molecule has 0 amide bonds. The van der Waals surface area contributed by atoms with Crippen LogP contribution < -0.4 is 5.32 Å². The van der Waals surface area contributed by atoms with Gasteiger partial charge in [0.25, 0.3) is 0 Å². The molecule has 0 bridgehead atoms. The molecule has 0 radical (unpaired) electrons. The monoisotopic (exact) mass is 310 g/mol. The van der Waals surface area contributed by atoms with Crippen molar-refractivity contribution in [3.05, 3.63) is 57.3 Å². The van der Waals surface area contributed by atoms with Crippen LogP contribution in [0.2, 0.25) is 5.02 Å². The van der Waals surface area contributed by atoms with Crippen molar-refractivity contribution >= 4 is 33.2 Å². The molecule has 1 N–H and O–H groups in total. The van der Waals surface area contributed by atoms with E-state index in [-0.39, 0.29) is 0 Å². The normalized spacial score (nSPS) is 10.3. The second-order valence-corrected chi connectivity index (χ2v) is 5.03. The lowest BCUT2D eigenvalue weighted by Gasteiger charge is -2.09. The Morgan fingerprint density at radius 1 is 1.35 bits per heavy atom. The standard InChI is InChI=1S/C13H12BrClN2/c1-9-5-10(7-16-6-9)8-17-12-4-2-3-11(15)13(12)14/h2-7,17H,8H2,1H3. The highest BCUT2D eigenvalue weighted by molar-refractivity contribution is 9.10. The molecule has 0 aliphatic heterocycles. The van der Waals surface area contributed by atoms with Gasteiger partial charge in [0.05, 0.1) is 15.2 Å². The fourth-order valence-electron chi connectivity index (χ4n) is 1.55. The zero-order chi connectivity index (χ0) is 12.3. The second kappa shape index (κ2) is 5.52. The van der Waals surface area contributed by atoms with Crippen LogP contribution in [-0.4, -0.2) is 4.98 Å². The quantitative estimate of drug-likeness (QED) is 0.907. The second-order valence-electron chi connectivity index (χ2n) is 3.83. The van der Waals surface area contributed by atoms with E-state index in [0.717, 1.165) is 27.8 Å². The summed E-state index contributed by atoms with van der Waals surface area (Å²) < 4.78 is 0.891. The van der Waals surface area contributed by atoms with Crippen LogP contribution in [0.4, 0.5) is 5.69 Å². The molecule has 0 saturated carbocycles. The van der Waals surface area contributed by atoms with Crippen molar-refractivity contribution in [3.8, 4) is 0 Å². The van der Waals surface area contributed by atoms with E-state index in [1.165, 1.54) is 0 Å². The van der Waals surface area contributed by atoms with Crippen LogP contribution in [0.15, 0.2) is 41.1 Å². The molecule has 4 heteroatoms. The van der Waals surface area contributed by atoms with Gasteiger partial charge in [0, 0.05) is 18.9 Å². The van der Waals surface area contributed by atoms with Crippen molar-refractivity contribution in [2.24, 2.45) is 0 Å². The van der Waals surface area contributed by atoms with Gasteiger partial charge in [0.15, 0.2) is 0 Å². The Balaban J connectivity index is 2.10. The fourth-order valence-corrected chi connectivity index (χ4v) is 2.13. The van der Waals surface area contributed by atoms with Crippen LogP contribution >= 0.6 is 27.5 Å². The van der Waals surface area contributed by atoms with Gasteiger partial charge in [0.1, 0.15) is 0 Å². The molecule has 0 aliphatic rings. The number of nitrogens with zero attached hydrogens (tertiary/aromatic N) is 1. The molecule has 1 aromatic heterocycles. The Kier molecular flexibility index (Phi) is 4.02. The number of hydrogen-bond acceptors (Lipinski definition) is 2. The molecule has 0 unspecified atom stereocenters. The average molecular weight is 312 g/mol. The van der Waals surface area contributed by atoms with Crippen molar-refractivity contribution in [2.75, 3.05) is 5.32 Å². The number of hydrogen-bond donors (Lipinski definition) is 1. The Morgan fingerprint density at radius 3 is 2.94 bits per heavy atom. The zero-order valence-electron chi connectivity index (χ0n) is 9.37. The molecule has 2 aromatic rings. The molecule has 0 spiro atoms. The van der Waals surface area contributed by atoms with Crippen molar-refractivity contribution in [1.82, 2.24) is 4.98 Å². The highest BCUT2D eigenvalue weighted by Gasteiger charge is 2.03. The van der Waals surface area contributed by atoms with Gasteiger partial charge in [-0.3, -0.25) is 4.98 Å². The Bertz CT molecular complexity index is 529. The molecule has 88 valence electrons. The third kappa shape index (κ3) is 3.20. The van der Waals surface area contributed by atoms with Gasteiger partial charge in [-0.2, -0.15) is 0 Å². The predicted octanol–water partition coefficient (Wildman–Crippen LogP) is 4.42. The third-order valence-corrected chi connectivity index (χ3v) is 3.76. The summed E-state index contributed by atoms with van der Waals surface area (Å²) in [4.78, 5) is 4.16. The highest BCUT2D eigenvalue weighted by atomic mass is 79.9. The summed E-state index contributed by atoms with van der Waals surface area (Å²) in [6.45, 7) is 2.76. The van der Waals surface area contributed by atoms with E-state index >= 15 is 0 Å². The van der Waals surface area contributed by atoms with Gasteiger partial charge in [-0.1, -0.05) is 23.7 Å². The first kappa shape index (κ1) is 12.4. The number of aryl methyl sites for hydroxylation is 1. The summed E-state index contributed by atoms with van der Waals surface area (Å²) >= 11 is 9.48. The molecule has 17 heavy (non-hydrogen) atoms. The lowest BCUT2D eigenvalue weighted by atomic mass is 10.2. The molecule has 1 aromatic carbocycles. The topological polar surface area (TPSA) is 24.9 Å². The summed E-state index contributed by atoms with van der Waals surface area (Å²) in [5.41, 5.74) is 3.30. The predicted molar refractivity (Wildman–Crippen MR) is 75.5 cm³/mol. The number of nitrogens with one attached hydrogen (secondary N) is 1. The van der Waals surface area contributed by atoms with Gasteiger partial charge < -0.3 is 5.32 Å². The SMILES string of the molecule is Cc1cncc(CNc2cccc(Cl)c2Br)c1. The van der Waals surface area contributed by atoms with Crippen LogP contribution in [0.3, 0.4) is 0 Å². The molecule has 0 atom stereocenters. The van der Waals surface area contributed by atoms with Crippen molar-refractivity contribution < 1.29 is 0 Å². The number of pyridine rings is 1. The number of aromatic nitrogens is 1. The maximum absolute atomic E-state index is 6.02. The maximum Gasteiger partial charge on any atom is 0.0593 e. The van der Waals surface area contributed by atoms with Crippen molar-refractivity contribution in [2.45, 2.75) is 13.5 Å². The number of benzene rings is 1. The van der Waals surface area contributed by atoms with Gasteiger partial charge in [0.2, 0.25) is 0 Å². The number of halogens is 2. The van der Waals surface area contributed by atoms with Crippen molar-refractivity contribution in [1.29, 1.82) is 0 Å². The Morgan fingerprint density at radius 2 is 2.18 bits per heavy atom. The minimum Gasteiger partial charge on any atom is -0.380 e. The van der Waals surface area contributed by atoms with Crippen LogP contribution in [0, 0.1) is 6.92 Å². The minimum absolute atomic E-state index is 0.706. The Labute approximate surface area is 114 Å². The number of anilines is 1. The smallest absolute Gasteiger partial charge is 0.0593 e. The third-order valence-electron chi connectivity index (χ3n) is 2.37. The molecular formula is C13H12BrClN2. The summed E-state index contributed by atoms with van der Waals surface area (Å²) in [6.07, 6.45) is 3.71. The highest BCUT2D eigenvalue weighted by Crippen LogP contribution is 2.30. The van der Waals surface area contributed by atoms with Crippen molar-refractivity contribution in [3.63, 3.8) is 0 Å². The first-order valence-electron chi connectivity index (χ1n) is 5.25. The summed E-state index contributed by atoms with van der Waals surface area (Å²) in [5, 5.41) is 4.03. The van der Waals surface area contributed by atoms with E-state index in [1.807, 2.05) is 37.5 Å². The Hall–Kier alpha value is -1.06. The fraction of sp³-hybridized carbons (Fsp3) is 0.154. The van der Waals surface area contributed by atoms with Crippen LogP contribution in [0.5, 0.6) is 0 Å². The summed E-state index contributed by atoms with van der Waals surface area (Å²) in [6, 6.07) is 7.87. The van der Waals surface area contributed by atoms with Gasteiger partial charge in [-0.25, -0.2) is 0 Å². The van der Waals surface area contributed by atoms with E-state index in [2.05, 4.69) is 32.3 Å². The molecule has 2 nitrogen and oxygen atoms in total. The van der Waals surface area contributed by atoms with Gasteiger partial charge in [-0.15, -0.1) is 0 Å². The molecule has 1 heterocycles. The molecule has 0 aliphatic carbocycles. The molecule has 2 rings (SSSR count).